The highest BCUT2D eigenvalue weighted by atomic mass is 31.1. The Kier molecular flexibility index (Phi) is 1.20. The maximum atomic E-state index is 10.1. The molecule has 0 saturated heterocycles. The molecule has 0 radical (unpaired) electrons. The van der Waals surface area contributed by atoms with Crippen molar-refractivity contribution in [3.63, 3.8) is 0 Å². The first-order chi connectivity index (χ1) is 2.89. The van der Waals surface area contributed by atoms with Crippen LogP contribution in [0.1, 0.15) is 6.42 Å². The van der Waals surface area contributed by atoms with E-state index in [2.05, 4.69) is 4.52 Å². The van der Waals surface area contributed by atoms with Crippen molar-refractivity contribution in [3.8, 4) is 0 Å². The monoisotopic (exact) mass is 104 g/mol. The lowest BCUT2D eigenvalue weighted by Gasteiger charge is -1.80. The first-order valence-corrected chi connectivity index (χ1v) is 3.07. The van der Waals surface area contributed by atoms with Crippen molar-refractivity contribution in [2.45, 2.75) is 6.42 Å². The standard InChI is InChI=1S/C3H5O2P/c4-6-3-1-2-5-6/h3H,1-2H2. The molecular weight excluding hydrogens is 99.0 g/mol. The molecule has 0 spiro atoms. The molecule has 1 rings (SSSR count). The summed E-state index contributed by atoms with van der Waals surface area (Å²) in [5.41, 5.74) is 0. The van der Waals surface area contributed by atoms with Crippen molar-refractivity contribution in [2.75, 3.05) is 6.61 Å². The van der Waals surface area contributed by atoms with Crippen LogP contribution in [0.3, 0.4) is 0 Å². The number of rotatable bonds is 0. The molecule has 1 heterocycles. The van der Waals surface area contributed by atoms with Gasteiger partial charge in [0.05, 0.1) is 0 Å². The fraction of sp³-hybridized carbons (Fsp3) is 0.667. The van der Waals surface area contributed by atoms with E-state index < -0.39 is 8.00 Å². The van der Waals surface area contributed by atoms with E-state index in [9.17, 15) is 4.89 Å². The van der Waals surface area contributed by atoms with Gasteiger partial charge in [0.1, 0.15) is 12.4 Å². The van der Waals surface area contributed by atoms with Gasteiger partial charge in [-0.25, -0.2) is 0 Å². The first-order valence-electron chi connectivity index (χ1n) is 1.82. The Hall–Kier alpha value is 0.0900. The molecule has 0 fully saturated rings. The topological polar surface area (TPSA) is 32.3 Å². The summed E-state index contributed by atoms with van der Waals surface area (Å²) in [6.45, 7) is 0.648. The highest BCUT2D eigenvalue weighted by molar-refractivity contribution is 7.45. The summed E-state index contributed by atoms with van der Waals surface area (Å²) in [4.78, 5) is 10.1. The van der Waals surface area contributed by atoms with Gasteiger partial charge in [-0.2, -0.15) is 4.52 Å². The van der Waals surface area contributed by atoms with Gasteiger partial charge < -0.3 is 4.89 Å². The van der Waals surface area contributed by atoms with Crippen molar-refractivity contribution < 1.29 is 9.42 Å². The van der Waals surface area contributed by atoms with E-state index in [-0.39, 0.29) is 0 Å². The van der Waals surface area contributed by atoms with Crippen molar-refractivity contribution in [1.82, 2.24) is 0 Å². The van der Waals surface area contributed by atoms with Gasteiger partial charge in [-0.3, -0.25) is 0 Å². The summed E-state index contributed by atoms with van der Waals surface area (Å²) in [6.07, 6.45) is 0.856. The van der Waals surface area contributed by atoms with Crippen LogP contribution in [0.15, 0.2) is 0 Å². The molecule has 6 heavy (non-hydrogen) atoms. The molecule has 0 amide bonds. The Morgan fingerprint density at radius 1 is 1.83 bits per heavy atom. The second-order valence-electron chi connectivity index (χ2n) is 1.09. The molecule has 0 aliphatic carbocycles. The molecular formula is C3H5O2P. The predicted octanol–water partition coefficient (Wildman–Crippen LogP) is -0.119. The third-order valence-corrected chi connectivity index (χ3v) is 1.61. The van der Waals surface area contributed by atoms with Crippen LogP contribution in [0.2, 0.25) is 0 Å². The highest BCUT2D eigenvalue weighted by Gasteiger charge is 2.03. The fourth-order valence-electron chi connectivity index (χ4n) is 0.353. The minimum atomic E-state index is -1.34. The number of hydrogen-bond acceptors (Lipinski definition) is 2. The zero-order valence-corrected chi connectivity index (χ0v) is 4.15. The van der Waals surface area contributed by atoms with Gasteiger partial charge in [0, 0.05) is 6.42 Å². The van der Waals surface area contributed by atoms with Gasteiger partial charge in [0.25, 0.3) is 0 Å². The second-order valence-corrected chi connectivity index (χ2v) is 2.28. The molecule has 0 aromatic heterocycles. The van der Waals surface area contributed by atoms with Crippen molar-refractivity contribution in [3.05, 3.63) is 0 Å². The van der Waals surface area contributed by atoms with Crippen LogP contribution in [0.4, 0.5) is 0 Å². The van der Waals surface area contributed by atoms with Gasteiger partial charge in [-0.05, 0) is 0 Å². The normalized spacial score (nSPS) is 27.2. The Labute approximate surface area is 37.3 Å². The van der Waals surface area contributed by atoms with Crippen LogP contribution in [0.25, 0.3) is 0 Å². The maximum absolute atomic E-state index is 10.1. The average Bonchev–Trinajstić information content (AvgIpc) is 1.86. The molecule has 1 aliphatic heterocycles. The van der Waals surface area contributed by atoms with Crippen molar-refractivity contribution >= 4 is 13.8 Å². The molecule has 3 heteroatoms. The maximum Gasteiger partial charge on any atom is 0.216 e. The quantitative estimate of drug-likeness (QED) is 0.401. The molecule has 1 atom stereocenters. The molecule has 1 aliphatic rings. The van der Waals surface area contributed by atoms with Crippen molar-refractivity contribution in [1.29, 1.82) is 0 Å². The molecule has 0 N–H and O–H groups in total. The summed E-state index contributed by atoms with van der Waals surface area (Å²) in [7, 11) is -1.34. The van der Waals surface area contributed by atoms with E-state index in [0.717, 1.165) is 6.42 Å². The van der Waals surface area contributed by atoms with Gasteiger partial charge in [-0.1, -0.05) is 0 Å². The van der Waals surface area contributed by atoms with Crippen LogP contribution in [0.5, 0.6) is 0 Å². The van der Waals surface area contributed by atoms with Gasteiger partial charge >= 0.3 is 0 Å². The zero-order chi connectivity index (χ0) is 4.41. The summed E-state index contributed by atoms with van der Waals surface area (Å²) in [6, 6.07) is 0. The average molecular weight is 104 g/mol. The first kappa shape index (κ1) is 4.25. The second kappa shape index (κ2) is 1.69. The minimum absolute atomic E-state index is 0.648. The van der Waals surface area contributed by atoms with Crippen molar-refractivity contribution in [2.24, 2.45) is 0 Å². The largest absolute Gasteiger partial charge is 0.603 e. The van der Waals surface area contributed by atoms with Crippen LogP contribution in [-0.2, 0) is 4.52 Å². The fourth-order valence-corrected chi connectivity index (χ4v) is 1.06. The third kappa shape index (κ3) is 0.777. The molecule has 2 nitrogen and oxygen atoms in total. The summed E-state index contributed by atoms with van der Waals surface area (Å²) < 4.78 is 4.61. The van der Waals surface area contributed by atoms with Crippen LogP contribution in [0, 0.1) is 0 Å². The van der Waals surface area contributed by atoms with E-state index in [1.54, 1.807) is 5.80 Å². The van der Waals surface area contributed by atoms with E-state index in [4.69, 9.17) is 0 Å². The Balaban J connectivity index is 2.45. The summed E-state index contributed by atoms with van der Waals surface area (Å²) >= 11 is 0. The Morgan fingerprint density at radius 3 is 2.83 bits per heavy atom. The summed E-state index contributed by atoms with van der Waals surface area (Å²) in [5.74, 6) is 1.69. The Bertz CT molecular complexity index is 78.9. The van der Waals surface area contributed by atoms with Crippen LogP contribution >= 0.6 is 8.00 Å². The lowest BCUT2D eigenvalue weighted by molar-refractivity contribution is -0.170. The molecule has 0 saturated carbocycles. The van der Waals surface area contributed by atoms with Gasteiger partial charge in [0.2, 0.25) is 8.00 Å². The van der Waals surface area contributed by atoms with E-state index in [0.29, 0.717) is 6.61 Å². The lowest BCUT2D eigenvalue weighted by Crippen LogP contribution is -1.85. The number of hydrogen-bond donors (Lipinski definition) is 0. The summed E-state index contributed by atoms with van der Waals surface area (Å²) in [5, 5.41) is 0. The smallest absolute Gasteiger partial charge is 0.216 e. The molecule has 34 valence electrons. The molecule has 0 aromatic carbocycles. The third-order valence-electron chi connectivity index (χ3n) is 0.615. The highest BCUT2D eigenvalue weighted by Crippen LogP contribution is 2.17. The minimum Gasteiger partial charge on any atom is -0.603 e. The van der Waals surface area contributed by atoms with Gasteiger partial charge in [0.15, 0.2) is 0 Å². The van der Waals surface area contributed by atoms with Crippen LogP contribution in [-0.4, -0.2) is 12.4 Å². The zero-order valence-electron chi connectivity index (χ0n) is 3.26. The predicted molar refractivity (Wildman–Crippen MR) is 23.6 cm³/mol. The molecule has 1 unspecified atom stereocenters. The van der Waals surface area contributed by atoms with E-state index in [1.807, 2.05) is 0 Å². The molecule has 0 bridgehead atoms. The van der Waals surface area contributed by atoms with Crippen LogP contribution < -0.4 is 4.89 Å². The van der Waals surface area contributed by atoms with E-state index in [1.165, 1.54) is 0 Å². The van der Waals surface area contributed by atoms with Gasteiger partial charge in [-0.15, -0.1) is 0 Å². The SMILES string of the molecule is [O-][P+]1=CCCO1. The lowest BCUT2D eigenvalue weighted by atomic mass is 10.5. The van der Waals surface area contributed by atoms with E-state index >= 15 is 0 Å². The Morgan fingerprint density at radius 2 is 2.67 bits per heavy atom. The molecule has 0 aromatic rings.